The molecule has 1 fully saturated rings. The van der Waals surface area contributed by atoms with Crippen molar-refractivity contribution in [2.75, 3.05) is 12.0 Å². The van der Waals surface area contributed by atoms with Crippen molar-refractivity contribution in [3.05, 3.63) is 89.1 Å². The molecule has 0 radical (unpaired) electrons. The van der Waals surface area contributed by atoms with Crippen molar-refractivity contribution in [2.24, 2.45) is 16.5 Å². The van der Waals surface area contributed by atoms with Gasteiger partial charge in [-0.3, -0.25) is 14.9 Å². The van der Waals surface area contributed by atoms with Gasteiger partial charge in [-0.1, -0.05) is 18.2 Å². The van der Waals surface area contributed by atoms with Crippen LogP contribution < -0.4 is 16.4 Å². The highest BCUT2D eigenvalue weighted by Crippen LogP contribution is 2.41. The van der Waals surface area contributed by atoms with Crippen LogP contribution in [-0.2, 0) is 10.3 Å². The summed E-state index contributed by atoms with van der Waals surface area (Å²) in [5.74, 6) is 1.45. The quantitative estimate of drug-likeness (QED) is 0.420. The van der Waals surface area contributed by atoms with Gasteiger partial charge in [0.2, 0.25) is 0 Å². The Hall–Kier alpha value is -3.71. The molecule has 0 amide bonds. The van der Waals surface area contributed by atoms with Gasteiger partial charge < -0.3 is 21.6 Å². The van der Waals surface area contributed by atoms with E-state index in [0.717, 1.165) is 46.8 Å². The first-order valence-electron chi connectivity index (χ1n) is 11.5. The van der Waals surface area contributed by atoms with Gasteiger partial charge in [-0.2, -0.15) is 0 Å². The minimum absolute atomic E-state index is 0.225. The van der Waals surface area contributed by atoms with Gasteiger partial charge in [0.05, 0.1) is 30.1 Å². The van der Waals surface area contributed by atoms with Crippen LogP contribution in [0.1, 0.15) is 44.4 Å². The Balaban J connectivity index is 1.87. The topological polar surface area (TPSA) is 114 Å². The Morgan fingerprint density at radius 1 is 1.24 bits per heavy atom. The number of benzene rings is 1. The summed E-state index contributed by atoms with van der Waals surface area (Å²) >= 11 is 0. The molecule has 0 spiro atoms. The van der Waals surface area contributed by atoms with Gasteiger partial charge >= 0.3 is 0 Å². The van der Waals surface area contributed by atoms with Crippen molar-refractivity contribution in [3.8, 4) is 0 Å². The molecule has 1 atom stereocenters. The zero-order chi connectivity index (χ0) is 24.3. The number of nitrogens with zero attached hydrogens (tertiary/aromatic N) is 3. The third-order valence-corrected chi connectivity index (χ3v) is 6.69. The first-order chi connectivity index (χ1) is 16.4. The molecule has 1 saturated carbocycles. The Kier molecular flexibility index (Phi) is 6.65. The van der Waals surface area contributed by atoms with Crippen LogP contribution in [0.3, 0.4) is 0 Å². The Bertz CT molecular complexity index is 1170. The lowest BCUT2D eigenvalue weighted by atomic mass is 9.73. The summed E-state index contributed by atoms with van der Waals surface area (Å²) in [6, 6.07) is 13.9. The maximum atomic E-state index is 7.70. The van der Waals surface area contributed by atoms with Crippen LogP contribution in [0.25, 0.3) is 5.70 Å². The van der Waals surface area contributed by atoms with Gasteiger partial charge in [0.25, 0.3) is 0 Å². The fraction of sp³-hybridized carbons (Fsp3) is 0.296. The number of aliphatic imine (C=N–C) groups is 1. The number of amidine groups is 1. The number of anilines is 1. The number of pyridine rings is 1. The summed E-state index contributed by atoms with van der Waals surface area (Å²) in [6.07, 6.45) is 9.68. The van der Waals surface area contributed by atoms with Gasteiger partial charge in [0.15, 0.2) is 0 Å². The largest absolute Gasteiger partial charge is 0.501 e. The van der Waals surface area contributed by atoms with Crippen molar-refractivity contribution in [1.29, 1.82) is 5.41 Å². The highest BCUT2D eigenvalue weighted by Gasteiger charge is 2.35. The molecule has 7 heteroatoms. The molecule has 0 bridgehead atoms. The number of aromatic nitrogens is 1. The smallest absolute Gasteiger partial charge is 0.144 e. The van der Waals surface area contributed by atoms with E-state index in [-0.39, 0.29) is 11.6 Å². The van der Waals surface area contributed by atoms with Gasteiger partial charge in [-0.15, -0.1) is 0 Å². The number of hydrogen-bond donors (Lipinski definition) is 3. The third-order valence-electron chi connectivity index (χ3n) is 6.69. The number of hydrogen-bond acceptors (Lipinski definition) is 6. The summed E-state index contributed by atoms with van der Waals surface area (Å²) < 4.78 is 5.62. The molecule has 2 heterocycles. The summed E-state index contributed by atoms with van der Waals surface area (Å²) in [5, 5.41) is 7.70. The maximum absolute atomic E-state index is 7.70. The highest BCUT2D eigenvalue weighted by molar-refractivity contribution is 6.24. The van der Waals surface area contributed by atoms with E-state index in [1.165, 1.54) is 18.8 Å². The molecule has 34 heavy (non-hydrogen) atoms. The second-order valence-electron chi connectivity index (χ2n) is 8.75. The SMILES string of the molecule is CO/C(C)=C1\C=C(c2ccccn2)N(c2ccc(C3(N)CCC3)cc2)C1=NC(C)/C(C=N)=C/N. The van der Waals surface area contributed by atoms with Crippen molar-refractivity contribution in [1.82, 2.24) is 4.98 Å². The van der Waals surface area contributed by atoms with E-state index in [1.807, 2.05) is 38.1 Å². The predicted molar refractivity (Wildman–Crippen MR) is 139 cm³/mol. The van der Waals surface area contributed by atoms with Crippen LogP contribution in [0, 0.1) is 5.41 Å². The molecule has 1 aromatic heterocycles. The zero-order valence-corrected chi connectivity index (χ0v) is 20.0. The number of allylic oxidation sites excluding steroid dienone is 1. The van der Waals surface area contributed by atoms with E-state index in [2.05, 4.69) is 34.1 Å². The number of rotatable bonds is 7. The molecule has 1 aliphatic heterocycles. The monoisotopic (exact) mass is 456 g/mol. The number of nitrogens with two attached hydrogens (primary N) is 2. The van der Waals surface area contributed by atoms with E-state index >= 15 is 0 Å². The maximum Gasteiger partial charge on any atom is 0.144 e. The molecule has 2 aromatic rings. The molecule has 1 aliphatic carbocycles. The molecule has 4 rings (SSSR count). The summed E-state index contributed by atoms with van der Waals surface area (Å²) in [7, 11) is 1.65. The van der Waals surface area contributed by atoms with Crippen LogP contribution >= 0.6 is 0 Å². The Labute approximate surface area is 201 Å². The van der Waals surface area contributed by atoms with Gasteiger partial charge in [0, 0.05) is 35.4 Å². The van der Waals surface area contributed by atoms with Gasteiger partial charge in [-0.25, -0.2) is 0 Å². The van der Waals surface area contributed by atoms with E-state index in [4.69, 9.17) is 26.6 Å². The zero-order valence-electron chi connectivity index (χ0n) is 20.0. The summed E-state index contributed by atoms with van der Waals surface area (Å²) in [5.41, 5.74) is 17.4. The van der Waals surface area contributed by atoms with Crippen LogP contribution in [0.4, 0.5) is 5.69 Å². The second-order valence-corrected chi connectivity index (χ2v) is 8.75. The first kappa shape index (κ1) is 23.4. The van der Waals surface area contributed by atoms with Crippen molar-refractivity contribution in [2.45, 2.75) is 44.7 Å². The number of methoxy groups -OCH3 is 1. The average Bonchev–Trinajstić information content (AvgIpc) is 3.22. The highest BCUT2D eigenvalue weighted by atomic mass is 16.5. The molecule has 176 valence electrons. The van der Waals surface area contributed by atoms with Crippen LogP contribution in [0.5, 0.6) is 0 Å². The van der Waals surface area contributed by atoms with Crippen LogP contribution in [0.2, 0.25) is 0 Å². The second kappa shape index (κ2) is 9.65. The van der Waals surface area contributed by atoms with E-state index in [1.54, 1.807) is 13.3 Å². The van der Waals surface area contributed by atoms with Gasteiger partial charge in [-0.05, 0) is 69.0 Å². The Morgan fingerprint density at radius 3 is 2.50 bits per heavy atom. The van der Waals surface area contributed by atoms with E-state index in [0.29, 0.717) is 11.4 Å². The minimum Gasteiger partial charge on any atom is -0.501 e. The van der Waals surface area contributed by atoms with Gasteiger partial charge in [0.1, 0.15) is 11.6 Å². The molecule has 7 nitrogen and oxygen atoms in total. The summed E-state index contributed by atoms with van der Waals surface area (Å²) in [4.78, 5) is 11.7. The van der Waals surface area contributed by atoms with Crippen LogP contribution in [-0.4, -0.2) is 30.2 Å². The molecule has 5 N–H and O–H groups in total. The fourth-order valence-corrected chi connectivity index (χ4v) is 4.32. The minimum atomic E-state index is -0.322. The lowest BCUT2D eigenvalue weighted by molar-refractivity contribution is 0.253. The van der Waals surface area contributed by atoms with Crippen molar-refractivity contribution in [3.63, 3.8) is 0 Å². The first-order valence-corrected chi connectivity index (χ1v) is 11.5. The number of nitrogens with one attached hydrogen (secondary N) is 1. The average molecular weight is 457 g/mol. The molecule has 1 aromatic carbocycles. The predicted octanol–water partition coefficient (Wildman–Crippen LogP) is 4.48. The molecular weight excluding hydrogens is 424 g/mol. The van der Waals surface area contributed by atoms with E-state index in [9.17, 15) is 0 Å². The van der Waals surface area contributed by atoms with Crippen molar-refractivity contribution >= 4 is 23.4 Å². The lowest BCUT2D eigenvalue weighted by Crippen LogP contribution is -2.43. The summed E-state index contributed by atoms with van der Waals surface area (Å²) in [6.45, 7) is 3.84. The molecular formula is C27H32N6O. The Morgan fingerprint density at radius 2 is 1.97 bits per heavy atom. The molecule has 2 aliphatic rings. The van der Waals surface area contributed by atoms with E-state index < -0.39 is 0 Å². The molecule has 1 unspecified atom stereocenters. The lowest BCUT2D eigenvalue weighted by Gasteiger charge is -2.38. The fourth-order valence-electron chi connectivity index (χ4n) is 4.32. The standard InChI is InChI=1S/C27H32N6O/c1-18(20(16-28)17-29)32-26-23(19(2)34-3)15-25(24-7-4-5-14-31-24)33(26)22-10-8-21(9-11-22)27(30)12-6-13-27/h4-5,7-11,14-18,28H,6,12-13,29-30H2,1-3H3/b20-17+,23-19+,28-16?,32-26?. The molecule has 0 saturated heterocycles. The third kappa shape index (κ3) is 4.26. The van der Waals surface area contributed by atoms with Crippen LogP contribution in [0.15, 0.2) is 82.8 Å². The number of ether oxygens (including phenoxy) is 1. The normalized spacial score (nSPS) is 21.1. The van der Waals surface area contributed by atoms with Crippen molar-refractivity contribution < 1.29 is 4.74 Å².